The number of thioether (sulfide) groups is 1. The predicted octanol–water partition coefficient (Wildman–Crippen LogP) is 4.88. The summed E-state index contributed by atoms with van der Waals surface area (Å²) < 4.78 is 12.0. The highest BCUT2D eigenvalue weighted by atomic mass is 32.2. The maximum atomic E-state index is 13.2. The number of hydrazine groups is 2. The number of ether oxygens (including phenoxy) is 2. The minimum atomic E-state index is -0.189. The van der Waals surface area contributed by atoms with Gasteiger partial charge in [-0.15, -0.1) is 11.8 Å². The Morgan fingerprint density at radius 3 is 2.33 bits per heavy atom. The average molecular weight is 818 g/mol. The first-order valence-electron chi connectivity index (χ1n) is 23.3. The lowest BCUT2D eigenvalue weighted by Crippen LogP contribution is -2.70. The number of carbonyl (C=O) groups is 1. The Labute approximate surface area is 352 Å². The van der Waals surface area contributed by atoms with Crippen molar-refractivity contribution in [3.63, 3.8) is 0 Å². The first kappa shape index (κ1) is 41.6. The molecular formula is C45H71N9O3S. The lowest BCUT2D eigenvalue weighted by Gasteiger charge is -2.60. The fourth-order valence-electron chi connectivity index (χ4n) is 12.6. The third-order valence-electron chi connectivity index (χ3n) is 16.2. The molecule has 0 aromatic rings. The highest BCUT2D eigenvalue weighted by Gasteiger charge is 2.55. The highest BCUT2D eigenvalue weighted by Crippen LogP contribution is 2.53. The van der Waals surface area contributed by atoms with Gasteiger partial charge in [0, 0.05) is 61.4 Å². The second-order valence-electron chi connectivity index (χ2n) is 20.1. The number of hydrogen-bond acceptors (Lipinski definition) is 12. The Morgan fingerprint density at radius 2 is 1.62 bits per heavy atom. The van der Waals surface area contributed by atoms with Crippen LogP contribution in [0.3, 0.4) is 0 Å². The van der Waals surface area contributed by atoms with Crippen LogP contribution in [0, 0.1) is 64.1 Å². The van der Waals surface area contributed by atoms with E-state index in [1.54, 1.807) is 7.11 Å². The minimum Gasteiger partial charge on any atom is -0.380 e. The fourth-order valence-corrected chi connectivity index (χ4v) is 14.5. The Hall–Kier alpha value is -1.78. The Morgan fingerprint density at radius 1 is 0.879 bits per heavy atom. The Kier molecular flexibility index (Phi) is 12.6. The van der Waals surface area contributed by atoms with E-state index >= 15 is 0 Å². The second-order valence-corrected chi connectivity index (χ2v) is 21.6. The van der Waals surface area contributed by atoms with Gasteiger partial charge in [-0.05, 0) is 121 Å². The number of nitrogens with zero attached hydrogens (tertiary/aromatic N) is 4. The van der Waals surface area contributed by atoms with Crippen molar-refractivity contribution in [3.8, 4) is 17.9 Å². The molecule has 320 valence electrons. The zero-order chi connectivity index (χ0) is 40.1. The number of amides is 1. The average Bonchev–Trinajstić information content (AvgIpc) is 3.70. The van der Waals surface area contributed by atoms with Crippen LogP contribution in [0.25, 0.3) is 0 Å². The number of carbonyl (C=O) groups excluding carboxylic acids is 1. The van der Waals surface area contributed by atoms with Gasteiger partial charge >= 0.3 is 0 Å². The number of likely N-dealkylation sites (tertiary alicyclic amines) is 1. The number of methoxy groups -OCH3 is 1. The number of hydrogen-bond donors (Lipinski definition) is 5. The van der Waals surface area contributed by atoms with Crippen LogP contribution in [0.2, 0.25) is 0 Å². The third-order valence-corrected chi connectivity index (χ3v) is 17.9. The topological polar surface area (TPSA) is 138 Å². The molecule has 4 saturated heterocycles. The maximum absolute atomic E-state index is 13.2. The fraction of sp³-hybridized carbons (Fsp3) is 0.889. The Bertz CT molecular complexity index is 1590. The first-order valence-corrected chi connectivity index (χ1v) is 24.2. The molecule has 0 aromatic heterocycles. The Balaban J connectivity index is 0.662. The molecule has 1 spiro atoms. The number of fused-ring (bicyclic) bond motifs is 3. The summed E-state index contributed by atoms with van der Waals surface area (Å²) in [7, 11) is 1.70. The van der Waals surface area contributed by atoms with Gasteiger partial charge < -0.3 is 14.8 Å². The van der Waals surface area contributed by atoms with Gasteiger partial charge in [0.1, 0.15) is 6.04 Å². The second kappa shape index (κ2) is 17.5. The monoisotopic (exact) mass is 818 g/mol. The van der Waals surface area contributed by atoms with Crippen LogP contribution in [0.5, 0.6) is 0 Å². The van der Waals surface area contributed by atoms with Crippen molar-refractivity contribution in [1.82, 2.24) is 36.8 Å². The summed E-state index contributed by atoms with van der Waals surface area (Å²) in [5.41, 5.74) is 15.9. The molecule has 5 aliphatic heterocycles. The van der Waals surface area contributed by atoms with Gasteiger partial charge in [0.25, 0.3) is 0 Å². The highest BCUT2D eigenvalue weighted by molar-refractivity contribution is 8.00. The summed E-state index contributed by atoms with van der Waals surface area (Å²) in [6.07, 6.45) is 16.9. The van der Waals surface area contributed by atoms with Crippen molar-refractivity contribution in [2.45, 2.75) is 190 Å². The molecule has 12 atom stereocenters. The quantitative estimate of drug-likeness (QED) is 0.225. The van der Waals surface area contributed by atoms with Crippen LogP contribution in [-0.4, -0.2) is 107 Å². The zero-order valence-electron chi connectivity index (χ0n) is 35.8. The van der Waals surface area contributed by atoms with Gasteiger partial charge in [-0.25, -0.2) is 21.7 Å². The number of rotatable bonds is 7. The van der Waals surface area contributed by atoms with Crippen LogP contribution < -0.4 is 27.0 Å². The van der Waals surface area contributed by atoms with Gasteiger partial charge in [0.05, 0.1) is 60.2 Å². The summed E-state index contributed by atoms with van der Waals surface area (Å²) in [5, 5.41) is 13.9. The van der Waals surface area contributed by atoms with E-state index < -0.39 is 0 Å². The van der Waals surface area contributed by atoms with Crippen molar-refractivity contribution in [1.29, 1.82) is 5.26 Å². The minimum absolute atomic E-state index is 0.0248. The molecule has 5 heterocycles. The van der Waals surface area contributed by atoms with E-state index in [2.05, 4.69) is 94.2 Å². The number of nitrogens with one attached hydrogen (secondary N) is 5. The summed E-state index contributed by atoms with van der Waals surface area (Å²) in [6, 6.07) is 2.67. The molecule has 11 unspecified atom stereocenters. The number of aliphatic imine (C=N–C) groups is 1. The molecule has 9 aliphatic rings. The molecule has 0 bridgehead atoms. The van der Waals surface area contributed by atoms with E-state index in [0.29, 0.717) is 58.0 Å². The molecule has 4 saturated carbocycles. The number of nitriles is 1. The molecule has 0 radical (unpaired) electrons. The summed E-state index contributed by atoms with van der Waals surface area (Å²) >= 11 is 2.17. The van der Waals surface area contributed by atoms with Crippen molar-refractivity contribution < 1.29 is 14.3 Å². The molecule has 0 aromatic carbocycles. The van der Waals surface area contributed by atoms with E-state index in [4.69, 9.17) is 14.5 Å². The van der Waals surface area contributed by atoms with Gasteiger partial charge in [-0.1, -0.05) is 25.7 Å². The van der Waals surface area contributed by atoms with Crippen molar-refractivity contribution in [2.75, 3.05) is 20.2 Å². The normalized spacial score (nSPS) is 45.6. The molecular weight excluding hydrogens is 747 g/mol. The van der Waals surface area contributed by atoms with Crippen LogP contribution >= 0.6 is 11.8 Å². The van der Waals surface area contributed by atoms with E-state index in [9.17, 15) is 10.1 Å². The van der Waals surface area contributed by atoms with Gasteiger partial charge in [0.2, 0.25) is 5.91 Å². The standard InChI is InChI=1S/C45H71N9O3S/c1-26-28(3)58-44-40(26)41(47-27(2)42-52-49-29(4)54(42)44)32-10-8-30(9-11-32)6-7-31-21-45(22-31)24-53(25-45)39-19-18-37(50-51-39)43(55)48-34-13-16-35(17-14-34)57-36-15-12-33(23-46)38(20-36)56-5/h26-40,42,44,49-52H,8-22,24-25H2,1-5H3,(H,48,55)/t26?,27-,28?,29?,30?,32?,33?,34?,35?,36?,37?,38?,39?,40?,42?,44?/m0/s1. The van der Waals surface area contributed by atoms with E-state index in [1.165, 1.54) is 44.2 Å². The third kappa shape index (κ3) is 8.40. The summed E-state index contributed by atoms with van der Waals surface area (Å²) in [6.45, 7) is 11.8. The van der Waals surface area contributed by atoms with Crippen LogP contribution in [0.1, 0.15) is 124 Å². The first-order chi connectivity index (χ1) is 28.1. The van der Waals surface area contributed by atoms with E-state index in [-0.39, 0.29) is 54.4 Å². The van der Waals surface area contributed by atoms with Crippen LogP contribution in [-0.2, 0) is 14.3 Å². The van der Waals surface area contributed by atoms with Crippen molar-refractivity contribution >= 4 is 23.4 Å². The molecule has 12 nitrogen and oxygen atoms in total. The maximum Gasteiger partial charge on any atom is 0.238 e. The lowest BCUT2D eigenvalue weighted by molar-refractivity contribution is -0.131. The molecule has 58 heavy (non-hydrogen) atoms. The molecule has 1 amide bonds. The SMILES string of the molecule is COC1CC(OC2CCC(NC(=O)C3CCC(N4CC5(CC(C#CC6CCC(C7=N[C@@H](C)C8NNC(C)N8C8SC(C)C(C)C78)CC6)C5)C4)NN3)CC2)CCC1C#N. The molecule has 5 N–H and O–H groups in total. The lowest BCUT2D eigenvalue weighted by atomic mass is 9.57. The van der Waals surface area contributed by atoms with Gasteiger partial charge in [-0.2, -0.15) is 5.26 Å². The largest absolute Gasteiger partial charge is 0.380 e. The van der Waals surface area contributed by atoms with Crippen molar-refractivity contribution in [3.05, 3.63) is 0 Å². The van der Waals surface area contributed by atoms with Crippen LogP contribution in [0.15, 0.2) is 4.99 Å². The molecule has 9 rings (SSSR count). The van der Waals surface area contributed by atoms with Gasteiger partial charge in [-0.3, -0.25) is 19.6 Å². The summed E-state index contributed by atoms with van der Waals surface area (Å²) in [5.74, 6) is 10.5. The predicted molar refractivity (Wildman–Crippen MR) is 228 cm³/mol. The van der Waals surface area contributed by atoms with E-state index in [0.717, 1.165) is 70.9 Å². The van der Waals surface area contributed by atoms with E-state index in [1.807, 2.05) is 0 Å². The molecule has 13 heteroatoms. The molecule has 8 fully saturated rings. The smallest absolute Gasteiger partial charge is 0.238 e. The zero-order valence-corrected chi connectivity index (χ0v) is 36.6. The molecule has 4 aliphatic carbocycles. The van der Waals surface area contributed by atoms with Crippen molar-refractivity contribution in [2.24, 2.45) is 45.9 Å². The van der Waals surface area contributed by atoms with Gasteiger partial charge in [0.15, 0.2) is 0 Å². The van der Waals surface area contributed by atoms with Crippen LogP contribution in [0.4, 0.5) is 0 Å². The summed E-state index contributed by atoms with van der Waals surface area (Å²) in [4.78, 5) is 24.0.